The lowest BCUT2D eigenvalue weighted by atomic mass is 10.2. The molecule has 1 aliphatic rings. The highest BCUT2D eigenvalue weighted by atomic mass is 16.7. The predicted molar refractivity (Wildman–Crippen MR) is 85.1 cm³/mol. The molecule has 0 spiro atoms. The number of fused-ring (bicyclic) bond motifs is 1. The van der Waals surface area contributed by atoms with Crippen LogP contribution in [0.25, 0.3) is 0 Å². The van der Waals surface area contributed by atoms with Gasteiger partial charge in [0.15, 0.2) is 11.5 Å². The van der Waals surface area contributed by atoms with E-state index in [4.69, 9.17) is 9.47 Å². The van der Waals surface area contributed by atoms with Crippen molar-refractivity contribution in [3.8, 4) is 11.5 Å². The average molecular weight is 327 g/mol. The summed E-state index contributed by atoms with van der Waals surface area (Å²) < 4.78 is 10.5. The second kappa shape index (κ2) is 7.45. The predicted octanol–water partition coefficient (Wildman–Crippen LogP) is 1.13. The molecule has 1 aliphatic heterocycles. The van der Waals surface area contributed by atoms with Gasteiger partial charge in [-0.1, -0.05) is 6.07 Å². The standard InChI is InChI=1S/C17H17N3O4/c21-16(19-9-12-3-5-18-6-4-12)8-17(22)20-10-13-1-2-14-15(7-13)24-11-23-14/h1-7H,8-11H2,(H,19,21)(H,20,22). The van der Waals surface area contributed by atoms with E-state index in [-0.39, 0.29) is 25.0 Å². The van der Waals surface area contributed by atoms with Crippen molar-refractivity contribution in [2.75, 3.05) is 6.79 Å². The first-order valence-corrected chi connectivity index (χ1v) is 7.51. The molecule has 2 amide bonds. The zero-order chi connectivity index (χ0) is 16.8. The highest BCUT2D eigenvalue weighted by Crippen LogP contribution is 2.32. The number of rotatable bonds is 6. The Labute approximate surface area is 139 Å². The maximum absolute atomic E-state index is 11.8. The minimum Gasteiger partial charge on any atom is -0.454 e. The van der Waals surface area contributed by atoms with E-state index in [1.165, 1.54) is 0 Å². The van der Waals surface area contributed by atoms with Crippen molar-refractivity contribution in [2.45, 2.75) is 19.5 Å². The van der Waals surface area contributed by atoms with Crippen molar-refractivity contribution in [2.24, 2.45) is 0 Å². The van der Waals surface area contributed by atoms with Gasteiger partial charge in [0.2, 0.25) is 18.6 Å². The molecule has 2 N–H and O–H groups in total. The molecule has 0 radical (unpaired) electrons. The van der Waals surface area contributed by atoms with Crippen LogP contribution in [0.2, 0.25) is 0 Å². The van der Waals surface area contributed by atoms with E-state index in [9.17, 15) is 9.59 Å². The molecule has 0 aliphatic carbocycles. The van der Waals surface area contributed by atoms with Crippen LogP contribution < -0.4 is 20.1 Å². The molecule has 0 atom stereocenters. The summed E-state index contributed by atoms with van der Waals surface area (Å²) in [5.41, 5.74) is 1.81. The van der Waals surface area contributed by atoms with Crippen LogP contribution in [0.5, 0.6) is 11.5 Å². The van der Waals surface area contributed by atoms with Crippen LogP contribution >= 0.6 is 0 Å². The maximum Gasteiger partial charge on any atom is 0.231 e. The summed E-state index contributed by atoms with van der Waals surface area (Å²) in [5, 5.41) is 5.41. The van der Waals surface area contributed by atoms with Gasteiger partial charge in [0, 0.05) is 25.5 Å². The molecule has 2 heterocycles. The van der Waals surface area contributed by atoms with Gasteiger partial charge < -0.3 is 20.1 Å². The number of carbonyl (C=O) groups is 2. The van der Waals surface area contributed by atoms with Gasteiger partial charge in [-0.2, -0.15) is 0 Å². The zero-order valence-electron chi connectivity index (χ0n) is 13.0. The van der Waals surface area contributed by atoms with Crippen LogP contribution in [0.3, 0.4) is 0 Å². The van der Waals surface area contributed by atoms with E-state index >= 15 is 0 Å². The Kier molecular flexibility index (Phi) is 4.90. The quantitative estimate of drug-likeness (QED) is 0.777. The first-order chi connectivity index (χ1) is 11.7. The molecule has 7 nitrogen and oxygen atoms in total. The Hall–Kier alpha value is -3.09. The molecule has 0 bridgehead atoms. The number of nitrogens with one attached hydrogen (secondary N) is 2. The van der Waals surface area contributed by atoms with E-state index in [2.05, 4.69) is 15.6 Å². The normalized spacial score (nSPS) is 11.8. The van der Waals surface area contributed by atoms with Gasteiger partial charge in [0.25, 0.3) is 0 Å². The smallest absolute Gasteiger partial charge is 0.231 e. The summed E-state index contributed by atoms with van der Waals surface area (Å²) in [7, 11) is 0. The van der Waals surface area contributed by atoms with Crippen molar-refractivity contribution < 1.29 is 19.1 Å². The van der Waals surface area contributed by atoms with Gasteiger partial charge in [-0.15, -0.1) is 0 Å². The van der Waals surface area contributed by atoms with Crippen molar-refractivity contribution in [1.29, 1.82) is 0 Å². The molecule has 0 unspecified atom stereocenters. The fraction of sp³-hybridized carbons (Fsp3) is 0.235. The number of hydrogen-bond acceptors (Lipinski definition) is 5. The largest absolute Gasteiger partial charge is 0.454 e. The fourth-order valence-corrected chi connectivity index (χ4v) is 2.22. The van der Waals surface area contributed by atoms with Gasteiger partial charge in [0.1, 0.15) is 6.42 Å². The van der Waals surface area contributed by atoms with Crippen LogP contribution in [0.1, 0.15) is 17.5 Å². The zero-order valence-corrected chi connectivity index (χ0v) is 13.0. The lowest BCUT2D eigenvalue weighted by molar-refractivity contribution is -0.129. The topological polar surface area (TPSA) is 89.6 Å². The molecule has 1 aromatic heterocycles. The van der Waals surface area contributed by atoms with E-state index in [0.29, 0.717) is 24.6 Å². The molecule has 0 saturated heterocycles. The summed E-state index contributed by atoms with van der Waals surface area (Å²) in [5.74, 6) is 0.701. The highest BCUT2D eigenvalue weighted by molar-refractivity contribution is 5.96. The molecule has 124 valence electrons. The summed E-state index contributed by atoms with van der Waals surface area (Å²) in [4.78, 5) is 27.5. The fourth-order valence-electron chi connectivity index (χ4n) is 2.22. The molecule has 1 aromatic carbocycles. The summed E-state index contributed by atoms with van der Waals surface area (Å²) in [6, 6.07) is 9.06. The van der Waals surface area contributed by atoms with Crippen molar-refractivity contribution >= 4 is 11.8 Å². The van der Waals surface area contributed by atoms with Gasteiger partial charge in [-0.3, -0.25) is 14.6 Å². The molecular weight excluding hydrogens is 310 g/mol. The van der Waals surface area contributed by atoms with E-state index in [1.54, 1.807) is 30.6 Å². The second-order valence-corrected chi connectivity index (χ2v) is 5.27. The number of hydrogen-bond donors (Lipinski definition) is 2. The minimum absolute atomic E-state index is 0.211. The average Bonchev–Trinajstić information content (AvgIpc) is 3.07. The van der Waals surface area contributed by atoms with E-state index < -0.39 is 0 Å². The highest BCUT2D eigenvalue weighted by Gasteiger charge is 2.14. The number of carbonyl (C=O) groups excluding carboxylic acids is 2. The van der Waals surface area contributed by atoms with Gasteiger partial charge in [-0.25, -0.2) is 0 Å². The van der Waals surface area contributed by atoms with Gasteiger partial charge in [0.05, 0.1) is 0 Å². The van der Waals surface area contributed by atoms with Gasteiger partial charge >= 0.3 is 0 Å². The Morgan fingerprint density at radius 1 is 0.917 bits per heavy atom. The molecule has 2 aromatic rings. The first-order valence-electron chi connectivity index (χ1n) is 7.51. The summed E-state index contributed by atoms with van der Waals surface area (Å²) in [6.45, 7) is 0.909. The molecule has 0 fully saturated rings. The van der Waals surface area contributed by atoms with E-state index in [1.807, 2.05) is 12.1 Å². The summed E-state index contributed by atoms with van der Waals surface area (Å²) >= 11 is 0. The molecule has 0 saturated carbocycles. The molecular formula is C17H17N3O4. The number of benzene rings is 1. The minimum atomic E-state index is -0.333. The maximum atomic E-state index is 11.8. The lowest BCUT2D eigenvalue weighted by Gasteiger charge is -2.07. The van der Waals surface area contributed by atoms with Crippen LogP contribution in [0, 0.1) is 0 Å². The number of aromatic nitrogens is 1. The molecule has 24 heavy (non-hydrogen) atoms. The Bertz CT molecular complexity index is 734. The van der Waals surface area contributed by atoms with E-state index in [0.717, 1.165) is 11.1 Å². The lowest BCUT2D eigenvalue weighted by Crippen LogP contribution is -2.31. The third-order valence-electron chi connectivity index (χ3n) is 3.49. The van der Waals surface area contributed by atoms with Crippen molar-refractivity contribution in [1.82, 2.24) is 15.6 Å². The van der Waals surface area contributed by atoms with Crippen LogP contribution in [0.4, 0.5) is 0 Å². The number of nitrogens with zero attached hydrogens (tertiary/aromatic N) is 1. The molecule has 3 rings (SSSR count). The Balaban J connectivity index is 1.41. The number of pyridine rings is 1. The third kappa shape index (κ3) is 4.22. The number of amides is 2. The molecule has 7 heteroatoms. The second-order valence-electron chi connectivity index (χ2n) is 5.27. The van der Waals surface area contributed by atoms with Crippen molar-refractivity contribution in [3.05, 3.63) is 53.9 Å². The first kappa shape index (κ1) is 15.8. The monoisotopic (exact) mass is 327 g/mol. The van der Waals surface area contributed by atoms with Crippen LogP contribution in [-0.2, 0) is 22.7 Å². The SMILES string of the molecule is O=C(CC(=O)NCc1ccc2c(c1)OCO2)NCc1ccncc1. The van der Waals surface area contributed by atoms with Crippen LogP contribution in [0.15, 0.2) is 42.7 Å². The Morgan fingerprint density at radius 3 is 2.33 bits per heavy atom. The summed E-state index contributed by atoms with van der Waals surface area (Å²) in [6.07, 6.45) is 3.09. The van der Waals surface area contributed by atoms with Crippen LogP contribution in [-0.4, -0.2) is 23.6 Å². The van der Waals surface area contributed by atoms with Gasteiger partial charge in [-0.05, 0) is 35.4 Å². The Morgan fingerprint density at radius 2 is 1.58 bits per heavy atom. The third-order valence-corrected chi connectivity index (χ3v) is 3.49. The number of ether oxygens (including phenoxy) is 2. The van der Waals surface area contributed by atoms with Crippen molar-refractivity contribution in [3.63, 3.8) is 0 Å².